The lowest BCUT2D eigenvalue weighted by Crippen LogP contribution is -2.13. The fourth-order valence-electron chi connectivity index (χ4n) is 1.55. The highest BCUT2D eigenvalue weighted by atomic mass is 16.5. The minimum atomic E-state index is 0.588. The van der Waals surface area contributed by atoms with Crippen LogP contribution in [-0.2, 0) is 13.1 Å². The van der Waals surface area contributed by atoms with Crippen LogP contribution in [-0.4, -0.2) is 26.2 Å². The average Bonchev–Trinajstić information content (AvgIpc) is 2.90. The molecule has 0 aromatic carbocycles. The van der Waals surface area contributed by atoms with Gasteiger partial charge in [0.1, 0.15) is 0 Å². The third-order valence-electron chi connectivity index (χ3n) is 2.31. The molecule has 0 aliphatic carbocycles. The summed E-state index contributed by atoms with van der Waals surface area (Å²) in [5, 5.41) is 7.15. The molecule has 0 saturated carbocycles. The lowest BCUT2D eigenvalue weighted by atomic mass is 10.4. The average molecular weight is 235 g/mol. The molecule has 0 fully saturated rings. The molecule has 0 saturated heterocycles. The van der Waals surface area contributed by atoms with Crippen LogP contribution in [0, 0.1) is 6.92 Å². The Morgan fingerprint density at radius 3 is 3.06 bits per heavy atom. The quantitative estimate of drug-likeness (QED) is 0.760. The van der Waals surface area contributed by atoms with Gasteiger partial charge in [-0.15, -0.1) is 0 Å². The van der Waals surface area contributed by atoms with E-state index in [9.17, 15) is 0 Å². The summed E-state index contributed by atoms with van der Waals surface area (Å²) < 4.78 is 6.87. The van der Waals surface area contributed by atoms with E-state index in [1.54, 1.807) is 13.3 Å². The van der Waals surface area contributed by atoms with Gasteiger partial charge in [0, 0.05) is 19.7 Å². The van der Waals surface area contributed by atoms with E-state index in [0.29, 0.717) is 18.3 Å². The number of nitrogens with one attached hydrogen (secondary N) is 1. The summed E-state index contributed by atoms with van der Waals surface area (Å²) >= 11 is 0. The molecule has 0 aliphatic rings. The van der Waals surface area contributed by atoms with Crippen molar-refractivity contribution < 1.29 is 4.52 Å². The highest BCUT2D eigenvalue weighted by molar-refractivity contribution is 4.98. The molecule has 92 valence electrons. The van der Waals surface area contributed by atoms with Crippen molar-refractivity contribution in [2.45, 2.75) is 33.4 Å². The smallest absolute Gasteiger partial charge is 0.223 e. The van der Waals surface area contributed by atoms with Crippen molar-refractivity contribution in [2.24, 2.45) is 0 Å². The summed E-state index contributed by atoms with van der Waals surface area (Å²) in [7, 11) is 0. The normalized spacial score (nSPS) is 10.9. The Morgan fingerprint density at radius 1 is 1.47 bits per heavy atom. The highest BCUT2D eigenvalue weighted by Crippen LogP contribution is 2.01. The van der Waals surface area contributed by atoms with Gasteiger partial charge >= 0.3 is 0 Å². The van der Waals surface area contributed by atoms with Crippen molar-refractivity contribution >= 4 is 0 Å². The standard InChI is InChI=1S/C11H17N5O/c1-3-4-12-5-10-6-16(8-13-10)7-11-14-9(2)17-15-11/h6,8,12H,3-5,7H2,1-2H3. The Labute approximate surface area is 100 Å². The van der Waals surface area contributed by atoms with E-state index in [-0.39, 0.29) is 0 Å². The van der Waals surface area contributed by atoms with E-state index >= 15 is 0 Å². The number of rotatable bonds is 6. The van der Waals surface area contributed by atoms with E-state index in [1.165, 1.54) is 0 Å². The van der Waals surface area contributed by atoms with Crippen molar-refractivity contribution in [3.63, 3.8) is 0 Å². The van der Waals surface area contributed by atoms with Crippen LogP contribution in [0.5, 0.6) is 0 Å². The molecule has 0 bridgehead atoms. The van der Waals surface area contributed by atoms with Gasteiger partial charge in [-0.1, -0.05) is 12.1 Å². The van der Waals surface area contributed by atoms with Gasteiger partial charge in [-0.2, -0.15) is 4.98 Å². The Hall–Kier alpha value is -1.69. The summed E-state index contributed by atoms with van der Waals surface area (Å²) in [5.41, 5.74) is 1.03. The number of aryl methyl sites for hydroxylation is 1. The van der Waals surface area contributed by atoms with Gasteiger partial charge in [0.15, 0.2) is 5.82 Å². The number of hydrogen-bond acceptors (Lipinski definition) is 5. The third kappa shape index (κ3) is 3.39. The number of imidazole rings is 1. The predicted molar refractivity (Wildman–Crippen MR) is 62.4 cm³/mol. The Kier molecular flexibility index (Phi) is 3.87. The van der Waals surface area contributed by atoms with Crippen molar-refractivity contribution in [2.75, 3.05) is 6.54 Å². The van der Waals surface area contributed by atoms with Crippen LogP contribution in [0.15, 0.2) is 17.0 Å². The van der Waals surface area contributed by atoms with Crippen LogP contribution in [0.4, 0.5) is 0 Å². The maximum atomic E-state index is 4.92. The van der Waals surface area contributed by atoms with E-state index in [0.717, 1.165) is 25.2 Å². The van der Waals surface area contributed by atoms with Gasteiger partial charge in [-0.3, -0.25) is 0 Å². The Balaban J connectivity index is 1.89. The van der Waals surface area contributed by atoms with E-state index in [1.807, 2.05) is 10.8 Å². The molecular formula is C11H17N5O. The zero-order valence-corrected chi connectivity index (χ0v) is 10.2. The first kappa shape index (κ1) is 11.8. The summed E-state index contributed by atoms with van der Waals surface area (Å²) in [6.45, 7) is 6.33. The van der Waals surface area contributed by atoms with Crippen LogP contribution in [0.25, 0.3) is 0 Å². The molecule has 0 aliphatic heterocycles. The second-order valence-corrected chi connectivity index (χ2v) is 3.94. The fourth-order valence-corrected chi connectivity index (χ4v) is 1.55. The number of hydrogen-bond donors (Lipinski definition) is 1. The number of nitrogens with zero attached hydrogens (tertiary/aromatic N) is 4. The molecule has 2 heterocycles. The summed E-state index contributed by atoms with van der Waals surface area (Å²) in [6.07, 6.45) is 4.91. The molecule has 2 rings (SSSR count). The molecule has 2 aromatic rings. The van der Waals surface area contributed by atoms with Crippen LogP contribution >= 0.6 is 0 Å². The first-order valence-electron chi connectivity index (χ1n) is 5.78. The highest BCUT2D eigenvalue weighted by Gasteiger charge is 2.04. The number of aromatic nitrogens is 4. The van der Waals surface area contributed by atoms with Crippen LogP contribution in [0.2, 0.25) is 0 Å². The lowest BCUT2D eigenvalue weighted by molar-refractivity contribution is 0.386. The van der Waals surface area contributed by atoms with Crippen molar-refractivity contribution in [3.8, 4) is 0 Å². The van der Waals surface area contributed by atoms with Gasteiger partial charge in [-0.05, 0) is 13.0 Å². The summed E-state index contributed by atoms with van der Waals surface area (Å²) in [6, 6.07) is 0. The van der Waals surface area contributed by atoms with Gasteiger partial charge < -0.3 is 14.4 Å². The minimum Gasteiger partial charge on any atom is -0.340 e. The molecule has 0 spiro atoms. The molecule has 17 heavy (non-hydrogen) atoms. The molecule has 0 amide bonds. The Bertz CT molecular complexity index is 462. The first-order chi connectivity index (χ1) is 8.28. The fraction of sp³-hybridized carbons (Fsp3) is 0.545. The monoisotopic (exact) mass is 235 g/mol. The molecule has 1 N–H and O–H groups in total. The van der Waals surface area contributed by atoms with Crippen molar-refractivity contribution in [3.05, 3.63) is 29.9 Å². The third-order valence-corrected chi connectivity index (χ3v) is 2.31. The predicted octanol–water partition coefficient (Wildman–Crippen LogP) is 1.12. The van der Waals surface area contributed by atoms with E-state index in [4.69, 9.17) is 4.52 Å². The van der Waals surface area contributed by atoms with Crippen molar-refractivity contribution in [1.82, 2.24) is 25.0 Å². The first-order valence-corrected chi connectivity index (χ1v) is 5.78. The zero-order chi connectivity index (χ0) is 12.1. The van der Waals surface area contributed by atoms with Crippen LogP contribution < -0.4 is 5.32 Å². The van der Waals surface area contributed by atoms with Crippen LogP contribution in [0.1, 0.15) is 30.8 Å². The molecule has 0 unspecified atom stereocenters. The molecule has 2 aromatic heterocycles. The second-order valence-electron chi connectivity index (χ2n) is 3.94. The SMILES string of the molecule is CCCNCc1cn(Cc2noc(C)n2)cn1. The van der Waals surface area contributed by atoms with Gasteiger partial charge in [0.2, 0.25) is 5.89 Å². The summed E-state index contributed by atoms with van der Waals surface area (Å²) in [4.78, 5) is 8.45. The second kappa shape index (κ2) is 5.58. The van der Waals surface area contributed by atoms with Gasteiger partial charge in [-0.25, -0.2) is 4.98 Å². The van der Waals surface area contributed by atoms with Crippen LogP contribution in [0.3, 0.4) is 0 Å². The zero-order valence-electron chi connectivity index (χ0n) is 10.2. The lowest BCUT2D eigenvalue weighted by Gasteiger charge is -1.98. The van der Waals surface area contributed by atoms with E-state index in [2.05, 4.69) is 27.4 Å². The van der Waals surface area contributed by atoms with Gasteiger partial charge in [0.25, 0.3) is 0 Å². The molecule has 6 nitrogen and oxygen atoms in total. The van der Waals surface area contributed by atoms with Crippen molar-refractivity contribution in [1.29, 1.82) is 0 Å². The van der Waals surface area contributed by atoms with Gasteiger partial charge in [0.05, 0.1) is 18.6 Å². The molecular weight excluding hydrogens is 218 g/mol. The molecule has 6 heteroatoms. The van der Waals surface area contributed by atoms with E-state index < -0.39 is 0 Å². The summed E-state index contributed by atoms with van der Waals surface area (Å²) in [5.74, 6) is 1.26. The maximum Gasteiger partial charge on any atom is 0.223 e. The molecule has 0 radical (unpaired) electrons. The maximum absolute atomic E-state index is 4.92. The minimum absolute atomic E-state index is 0.588. The topological polar surface area (TPSA) is 68.8 Å². The largest absolute Gasteiger partial charge is 0.340 e. The molecule has 0 atom stereocenters. The Morgan fingerprint density at radius 2 is 2.35 bits per heavy atom.